The maximum atomic E-state index is 11.7. The summed E-state index contributed by atoms with van der Waals surface area (Å²) in [4.78, 5) is 14.0. The highest BCUT2D eigenvalue weighted by molar-refractivity contribution is 5.67. The van der Waals surface area contributed by atoms with Gasteiger partial charge in [0.25, 0.3) is 0 Å². The number of nitrogens with one attached hydrogen (secondary N) is 1. The molecule has 2 rings (SSSR count). The SMILES string of the molecule is NCCN1CCC(CNC(=O)OCc2ccccc2)CC1. The molecule has 0 spiro atoms. The van der Waals surface area contributed by atoms with Crippen LogP contribution in [-0.2, 0) is 11.3 Å². The van der Waals surface area contributed by atoms with Gasteiger partial charge in [-0.05, 0) is 37.4 Å². The number of alkyl carbamates (subject to hydrolysis) is 1. The standard InChI is InChI=1S/C16H25N3O2/c17-8-11-19-9-6-14(7-10-19)12-18-16(20)21-13-15-4-2-1-3-5-15/h1-5,14H,6-13,17H2,(H,18,20). The number of rotatable bonds is 6. The molecule has 1 amide bonds. The molecule has 1 aromatic rings. The molecule has 0 aliphatic carbocycles. The molecule has 0 saturated carbocycles. The second-order valence-electron chi connectivity index (χ2n) is 5.52. The van der Waals surface area contributed by atoms with Crippen molar-refractivity contribution in [3.05, 3.63) is 35.9 Å². The van der Waals surface area contributed by atoms with Crippen molar-refractivity contribution in [2.24, 2.45) is 11.7 Å². The molecule has 1 aliphatic heterocycles. The number of nitrogens with zero attached hydrogens (tertiary/aromatic N) is 1. The fraction of sp³-hybridized carbons (Fsp3) is 0.562. The summed E-state index contributed by atoms with van der Waals surface area (Å²) >= 11 is 0. The Morgan fingerprint density at radius 2 is 2.00 bits per heavy atom. The van der Waals surface area contributed by atoms with E-state index in [0.29, 0.717) is 25.6 Å². The quantitative estimate of drug-likeness (QED) is 0.835. The maximum Gasteiger partial charge on any atom is 0.407 e. The number of piperidine rings is 1. The molecule has 1 aliphatic rings. The van der Waals surface area contributed by atoms with Gasteiger partial charge in [-0.15, -0.1) is 0 Å². The Hall–Kier alpha value is -1.59. The normalized spacial score (nSPS) is 16.6. The molecular weight excluding hydrogens is 266 g/mol. The van der Waals surface area contributed by atoms with Crippen LogP contribution in [0, 0.1) is 5.92 Å². The van der Waals surface area contributed by atoms with Crippen molar-refractivity contribution >= 4 is 6.09 Å². The Bertz CT molecular complexity index is 417. The minimum Gasteiger partial charge on any atom is -0.445 e. The summed E-state index contributed by atoms with van der Waals surface area (Å²) < 4.78 is 5.20. The lowest BCUT2D eigenvalue weighted by atomic mass is 9.97. The van der Waals surface area contributed by atoms with Crippen LogP contribution < -0.4 is 11.1 Å². The summed E-state index contributed by atoms with van der Waals surface area (Å²) in [5.41, 5.74) is 6.56. The van der Waals surface area contributed by atoms with Gasteiger partial charge < -0.3 is 20.7 Å². The molecular formula is C16H25N3O2. The van der Waals surface area contributed by atoms with Crippen LogP contribution in [-0.4, -0.2) is 43.7 Å². The molecule has 0 bridgehead atoms. The number of nitrogens with two attached hydrogens (primary N) is 1. The third-order valence-electron chi connectivity index (χ3n) is 3.90. The average molecular weight is 291 g/mol. The number of ether oxygens (including phenoxy) is 1. The monoisotopic (exact) mass is 291 g/mol. The molecule has 0 atom stereocenters. The van der Waals surface area contributed by atoms with Crippen LogP contribution in [0.5, 0.6) is 0 Å². The first-order valence-corrected chi connectivity index (χ1v) is 7.65. The van der Waals surface area contributed by atoms with Gasteiger partial charge in [-0.1, -0.05) is 30.3 Å². The van der Waals surface area contributed by atoms with Crippen molar-refractivity contribution in [1.82, 2.24) is 10.2 Å². The van der Waals surface area contributed by atoms with E-state index in [1.165, 1.54) is 0 Å². The van der Waals surface area contributed by atoms with Crippen molar-refractivity contribution in [2.45, 2.75) is 19.4 Å². The van der Waals surface area contributed by atoms with Crippen molar-refractivity contribution in [1.29, 1.82) is 0 Å². The molecule has 21 heavy (non-hydrogen) atoms. The van der Waals surface area contributed by atoms with E-state index >= 15 is 0 Å². The highest BCUT2D eigenvalue weighted by Gasteiger charge is 2.19. The van der Waals surface area contributed by atoms with Gasteiger partial charge in [0.1, 0.15) is 6.61 Å². The third kappa shape index (κ3) is 5.73. The molecule has 116 valence electrons. The Labute approximate surface area is 126 Å². The Balaban J connectivity index is 1.59. The van der Waals surface area contributed by atoms with Crippen molar-refractivity contribution in [3.8, 4) is 0 Å². The van der Waals surface area contributed by atoms with Crippen LogP contribution in [0.15, 0.2) is 30.3 Å². The van der Waals surface area contributed by atoms with Crippen molar-refractivity contribution in [3.63, 3.8) is 0 Å². The second kappa shape index (κ2) is 8.64. The topological polar surface area (TPSA) is 67.6 Å². The largest absolute Gasteiger partial charge is 0.445 e. The molecule has 1 heterocycles. The lowest BCUT2D eigenvalue weighted by Gasteiger charge is -2.31. The van der Waals surface area contributed by atoms with Gasteiger partial charge in [-0.2, -0.15) is 0 Å². The molecule has 3 N–H and O–H groups in total. The minimum absolute atomic E-state index is 0.321. The van der Waals surface area contributed by atoms with Crippen LogP contribution in [0.2, 0.25) is 0 Å². The first-order valence-electron chi connectivity index (χ1n) is 7.65. The average Bonchev–Trinajstić information content (AvgIpc) is 2.53. The zero-order valence-electron chi connectivity index (χ0n) is 12.5. The van der Waals surface area contributed by atoms with Gasteiger partial charge in [-0.25, -0.2) is 4.79 Å². The fourth-order valence-corrected chi connectivity index (χ4v) is 2.60. The summed E-state index contributed by atoms with van der Waals surface area (Å²) in [7, 11) is 0. The van der Waals surface area contributed by atoms with Gasteiger partial charge in [0.2, 0.25) is 0 Å². The number of carbonyl (C=O) groups is 1. The van der Waals surface area contributed by atoms with Gasteiger partial charge in [0.15, 0.2) is 0 Å². The lowest BCUT2D eigenvalue weighted by Crippen LogP contribution is -2.40. The van der Waals surface area contributed by atoms with Crippen LogP contribution >= 0.6 is 0 Å². The number of hydrogen-bond acceptors (Lipinski definition) is 4. The van der Waals surface area contributed by atoms with E-state index in [4.69, 9.17) is 10.5 Å². The van der Waals surface area contributed by atoms with E-state index < -0.39 is 0 Å². The minimum atomic E-state index is -0.330. The van der Waals surface area contributed by atoms with Gasteiger partial charge in [-0.3, -0.25) is 0 Å². The number of likely N-dealkylation sites (tertiary alicyclic amines) is 1. The Morgan fingerprint density at radius 1 is 1.29 bits per heavy atom. The van der Waals surface area contributed by atoms with E-state index in [1.54, 1.807) is 0 Å². The first-order chi connectivity index (χ1) is 10.3. The predicted molar refractivity (Wildman–Crippen MR) is 82.8 cm³/mol. The molecule has 5 nitrogen and oxygen atoms in total. The third-order valence-corrected chi connectivity index (χ3v) is 3.90. The van der Waals surface area contributed by atoms with E-state index in [9.17, 15) is 4.79 Å². The molecule has 1 saturated heterocycles. The molecule has 5 heteroatoms. The summed E-state index contributed by atoms with van der Waals surface area (Å²) in [6.07, 6.45) is 1.89. The molecule has 0 unspecified atom stereocenters. The van der Waals surface area contributed by atoms with Gasteiger partial charge >= 0.3 is 6.09 Å². The summed E-state index contributed by atoms with van der Waals surface area (Å²) in [6, 6.07) is 9.71. The van der Waals surface area contributed by atoms with Gasteiger partial charge in [0.05, 0.1) is 0 Å². The summed E-state index contributed by atoms with van der Waals surface area (Å²) in [6.45, 7) is 4.85. The second-order valence-corrected chi connectivity index (χ2v) is 5.52. The predicted octanol–water partition coefficient (Wildman–Crippen LogP) is 1.58. The van der Waals surface area contributed by atoms with Crippen molar-refractivity contribution in [2.75, 3.05) is 32.7 Å². The van der Waals surface area contributed by atoms with Crippen LogP contribution in [0.25, 0.3) is 0 Å². The van der Waals surface area contributed by atoms with E-state index in [-0.39, 0.29) is 6.09 Å². The highest BCUT2D eigenvalue weighted by atomic mass is 16.5. The Kier molecular flexibility index (Phi) is 6.50. The lowest BCUT2D eigenvalue weighted by molar-refractivity contribution is 0.133. The van der Waals surface area contributed by atoms with E-state index in [1.807, 2.05) is 30.3 Å². The fourth-order valence-electron chi connectivity index (χ4n) is 2.60. The van der Waals surface area contributed by atoms with Crippen LogP contribution in [0.4, 0.5) is 4.79 Å². The highest BCUT2D eigenvalue weighted by Crippen LogP contribution is 2.15. The smallest absolute Gasteiger partial charge is 0.407 e. The van der Waals surface area contributed by atoms with Crippen molar-refractivity contribution < 1.29 is 9.53 Å². The maximum absolute atomic E-state index is 11.7. The number of carbonyl (C=O) groups excluding carboxylic acids is 1. The van der Waals surface area contributed by atoms with E-state index in [2.05, 4.69) is 10.2 Å². The number of amides is 1. The first kappa shape index (κ1) is 15.8. The number of benzene rings is 1. The molecule has 0 aromatic heterocycles. The summed E-state index contributed by atoms with van der Waals surface area (Å²) in [5.74, 6) is 0.545. The summed E-state index contributed by atoms with van der Waals surface area (Å²) in [5, 5.41) is 2.87. The zero-order chi connectivity index (χ0) is 14.9. The number of hydrogen-bond donors (Lipinski definition) is 2. The molecule has 0 radical (unpaired) electrons. The molecule has 1 fully saturated rings. The van der Waals surface area contributed by atoms with Crippen LogP contribution in [0.3, 0.4) is 0 Å². The van der Waals surface area contributed by atoms with Crippen LogP contribution in [0.1, 0.15) is 18.4 Å². The zero-order valence-corrected chi connectivity index (χ0v) is 12.5. The molecule has 1 aromatic carbocycles. The van der Waals surface area contributed by atoms with Gasteiger partial charge in [0, 0.05) is 19.6 Å². The Morgan fingerprint density at radius 3 is 2.67 bits per heavy atom. The van der Waals surface area contributed by atoms with E-state index in [0.717, 1.165) is 38.0 Å².